The molecule has 1 fully saturated rings. The molecule has 0 spiro atoms. The molecule has 1 unspecified atom stereocenters. The highest BCUT2D eigenvalue weighted by Gasteiger charge is 2.65. The maximum atomic E-state index is 12.6. The number of aliphatic hydroxyl groups excluding tert-OH is 1. The first-order valence-electron chi connectivity index (χ1n) is 13.5. The number of hydrogen-bond donors (Lipinski definition) is 4. The molecule has 6 heteroatoms. The summed E-state index contributed by atoms with van der Waals surface area (Å²) in [6.45, 7) is 19.9. The molecule has 6 nitrogen and oxygen atoms in total. The summed E-state index contributed by atoms with van der Waals surface area (Å²) in [5, 5.41) is 41.5. The van der Waals surface area contributed by atoms with Crippen LogP contribution in [0, 0.1) is 34.0 Å². The summed E-state index contributed by atoms with van der Waals surface area (Å²) in [6.07, 6.45) is 6.71. The fourth-order valence-electron chi connectivity index (χ4n) is 7.86. The zero-order valence-corrected chi connectivity index (χ0v) is 23.4. The second-order valence-corrected chi connectivity index (χ2v) is 13.1. The zero-order chi connectivity index (χ0) is 28.1. The Hall–Kier alpha value is -2.18. The van der Waals surface area contributed by atoms with Gasteiger partial charge in [-0.05, 0) is 92.8 Å². The minimum Gasteiger partial charge on any atom is -0.481 e. The topological polar surface area (TPSA) is 115 Å². The van der Waals surface area contributed by atoms with Crippen LogP contribution in [0.3, 0.4) is 0 Å². The van der Waals surface area contributed by atoms with E-state index in [1.54, 1.807) is 13.8 Å². The molecule has 0 aliphatic heterocycles. The number of fused-ring (bicyclic) bond motifs is 3. The number of hydrogen-bond acceptors (Lipinski definition) is 4. The Balaban J connectivity index is 2.04. The molecule has 206 valence electrons. The number of aliphatic carboxylic acids is 2. The van der Waals surface area contributed by atoms with Gasteiger partial charge in [0.05, 0.1) is 17.6 Å². The van der Waals surface area contributed by atoms with Crippen LogP contribution in [0.4, 0.5) is 0 Å². The van der Waals surface area contributed by atoms with Crippen LogP contribution < -0.4 is 0 Å². The van der Waals surface area contributed by atoms with Gasteiger partial charge in [-0.15, -0.1) is 0 Å². The Bertz CT molecular complexity index is 1040. The van der Waals surface area contributed by atoms with Gasteiger partial charge in [-0.2, -0.15) is 0 Å². The van der Waals surface area contributed by atoms with Crippen LogP contribution >= 0.6 is 0 Å². The summed E-state index contributed by atoms with van der Waals surface area (Å²) in [7, 11) is 0. The van der Waals surface area contributed by atoms with Gasteiger partial charge in [0.1, 0.15) is 0 Å². The average Bonchev–Trinajstić information content (AvgIpc) is 2.97. The van der Waals surface area contributed by atoms with Gasteiger partial charge in [-0.3, -0.25) is 9.59 Å². The number of carboxylic acids is 2. The molecular formula is C31H46O6. The molecule has 0 amide bonds. The highest BCUT2D eigenvalue weighted by molar-refractivity contribution is 5.71. The van der Waals surface area contributed by atoms with Crippen LogP contribution in [0.1, 0.15) is 86.5 Å². The molecule has 3 aliphatic carbocycles. The molecule has 0 heterocycles. The first-order chi connectivity index (χ1) is 16.9. The monoisotopic (exact) mass is 514 g/mol. The summed E-state index contributed by atoms with van der Waals surface area (Å²) in [4.78, 5) is 24.1. The maximum absolute atomic E-state index is 12.6. The van der Waals surface area contributed by atoms with Crippen LogP contribution in [-0.2, 0) is 9.59 Å². The lowest BCUT2D eigenvalue weighted by Gasteiger charge is -2.56. The second kappa shape index (κ2) is 9.85. The molecule has 0 aromatic rings. The summed E-state index contributed by atoms with van der Waals surface area (Å²) >= 11 is 0. The standard InChI is InChI=1S/C31H46O6/c1-18(2)21-11-12-23-22(29(21,6)15-14-25(33)34)13-16-30(7)26(24(32)17-31(23,30)8)20(27(35)36)10-9-19(3)28(4,5)37/h12-13,20-21,24,26,32,37H,1,3,9-11,14-17H2,2,4-8H3,(H,33,34)(H,35,36)/t20-,21?,24-,26+,29+,30-,31+/m1/s1. The van der Waals surface area contributed by atoms with Crippen molar-refractivity contribution in [2.24, 2.45) is 34.0 Å². The van der Waals surface area contributed by atoms with Crippen molar-refractivity contribution in [3.05, 3.63) is 47.6 Å². The van der Waals surface area contributed by atoms with Gasteiger partial charge in [0, 0.05) is 17.8 Å². The molecule has 37 heavy (non-hydrogen) atoms. The molecule has 0 bridgehead atoms. The molecule has 4 N–H and O–H groups in total. The minimum absolute atomic E-state index is 0.0658. The van der Waals surface area contributed by atoms with Crippen LogP contribution in [0.5, 0.6) is 0 Å². The van der Waals surface area contributed by atoms with Crippen molar-refractivity contribution < 1.29 is 30.0 Å². The zero-order valence-electron chi connectivity index (χ0n) is 23.4. The van der Waals surface area contributed by atoms with Gasteiger partial charge in [-0.1, -0.05) is 51.7 Å². The van der Waals surface area contributed by atoms with Gasteiger partial charge in [0.15, 0.2) is 0 Å². The lowest BCUT2D eigenvalue weighted by atomic mass is 9.48. The van der Waals surface area contributed by atoms with E-state index in [4.69, 9.17) is 0 Å². The molecule has 0 radical (unpaired) electrons. The van der Waals surface area contributed by atoms with Gasteiger partial charge >= 0.3 is 11.9 Å². The van der Waals surface area contributed by atoms with Crippen molar-refractivity contribution in [3.8, 4) is 0 Å². The van der Waals surface area contributed by atoms with Crippen molar-refractivity contribution in [1.82, 2.24) is 0 Å². The number of carbonyl (C=O) groups is 2. The van der Waals surface area contributed by atoms with Gasteiger partial charge in [0.2, 0.25) is 0 Å². The van der Waals surface area contributed by atoms with Crippen molar-refractivity contribution >= 4 is 11.9 Å². The smallest absolute Gasteiger partial charge is 0.306 e. The summed E-state index contributed by atoms with van der Waals surface area (Å²) in [6, 6.07) is 0. The summed E-state index contributed by atoms with van der Waals surface area (Å²) in [5.74, 6) is -2.87. The second-order valence-electron chi connectivity index (χ2n) is 13.1. The third-order valence-electron chi connectivity index (χ3n) is 10.4. The molecule has 0 saturated heterocycles. The quantitative estimate of drug-likeness (QED) is 0.269. The van der Waals surface area contributed by atoms with Gasteiger partial charge < -0.3 is 20.4 Å². The van der Waals surface area contributed by atoms with Crippen LogP contribution in [0.25, 0.3) is 0 Å². The minimum atomic E-state index is -1.09. The average molecular weight is 515 g/mol. The fraction of sp³-hybridized carbons (Fsp3) is 0.677. The predicted molar refractivity (Wildman–Crippen MR) is 145 cm³/mol. The van der Waals surface area contributed by atoms with E-state index in [9.17, 15) is 30.0 Å². The van der Waals surface area contributed by atoms with E-state index < -0.39 is 51.7 Å². The summed E-state index contributed by atoms with van der Waals surface area (Å²) < 4.78 is 0. The van der Waals surface area contributed by atoms with Crippen molar-refractivity contribution in [2.75, 3.05) is 0 Å². The Morgan fingerprint density at radius 1 is 1.11 bits per heavy atom. The number of carboxylic acid groups (broad SMARTS) is 2. The first kappa shape index (κ1) is 29.4. The van der Waals surface area contributed by atoms with E-state index in [2.05, 4.69) is 46.1 Å². The van der Waals surface area contributed by atoms with Crippen LogP contribution in [-0.4, -0.2) is 44.1 Å². The van der Waals surface area contributed by atoms with E-state index >= 15 is 0 Å². The third kappa shape index (κ3) is 4.87. The van der Waals surface area contributed by atoms with E-state index in [1.165, 1.54) is 0 Å². The molecule has 0 aromatic heterocycles. The Morgan fingerprint density at radius 3 is 2.24 bits per heavy atom. The fourth-order valence-corrected chi connectivity index (χ4v) is 7.86. The van der Waals surface area contributed by atoms with E-state index in [-0.39, 0.29) is 12.3 Å². The lowest BCUT2D eigenvalue weighted by molar-refractivity contribution is -0.148. The SMILES string of the molecule is C=C(C)C1CC=C2C(=CC[C@]3(C)[C@@H]([C@@H](CCC(=C)C(C)(C)O)C(=O)O)[C@H](O)C[C@@]23C)[C@@]1(C)CCC(=O)O. The van der Waals surface area contributed by atoms with Crippen LogP contribution in [0.2, 0.25) is 0 Å². The Morgan fingerprint density at radius 2 is 1.73 bits per heavy atom. The highest BCUT2D eigenvalue weighted by atomic mass is 16.4. The molecule has 0 aromatic carbocycles. The molecule has 3 rings (SSSR count). The normalized spacial score (nSPS) is 36.1. The van der Waals surface area contributed by atoms with E-state index in [0.717, 1.165) is 23.1 Å². The van der Waals surface area contributed by atoms with Gasteiger partial charge in [-0.25, -0.2) is 0 Å². The molecule has 3 aliphatic rings. The number of allylic oxidation sites excluding steroid dienone is 5. The molecule has 1 saturated carbocycles. The largest absolute Gasteiger partial charge is 0.481 e. The van der Waals surface area contributed by atoms with E-state index in [0.29, 0.717) is 37.7 Å². The lowest BCUT2D eigenvalue weighted by Crippen LogP contribution is -2.48. The van der Waals surface area contributed by atoms with Gasteiger partial charge in [0.25, 0.3) is 0 Å². The Kier molecular flexibility index (Phi) is 7.82. The molecule has 7 atom stereocenters. The van der Waals surface area contributed by atoms with Crippen molar-refractivity contribution in [2.45, 2.75) is 98.2 Å². The van der Waals surface area contributed by atoms with Crippen molar-refractivity contribution in [3.63, 3.8) is 0 Å². The predicted octanol–water partition coefficient (Wildman–Crippen LogP) is 5.91. The number of rotatable bonds is 10. The number of aliphatic hydroxyl groups is 2. The molecular weight excluding hydrogens is 468 g/mol. The summed E-state index contributed by atoms with van der Waals surface area (Å²) in [5.41, 5.74) is 1.47. The first-order valence-corrected chi connectivity index (χ1v) is 13.5. The van der Waals surface area contributed by atoms with E-state index in [1.807, 2.05) is 6.92 Å². The third-order valence-corrected chi connectivity index (χ3v) is 10.4. The van der Waals surface area contributed by atoms with Crippen LogP contribution in [0.15, 0.2) is 47.6 Å². The van der Waals surface area contributed by atoms with Crippen molar-refractivity contribution in [1.29, 1.82) is 0 Å². The Labute approximate surface area is 221 Å². The highest BCUT2D eigenvalue weighted by Crippen LogP contribution is 2.70. The maximum Gasteiger partial charge on any atom is 0.306 e.